The number of nitrogens with two attached hydrogens (primary N) is 1. The Hall–Kier alpha value is -2.09. The number of rotatable bonds is 3. The van der Waals surface area contributed by atoms with Gasteiger partial charge in [-0.2, -0.15) is 0 Å². The lowest BCUT2D eigenvalue weighted by Crippen LogP contribution is -2.38. The maximum absolute atomic E-state index is 6.06. The van der Waals surface area contributed by atoms with Crippen LogP contribution in [0.15, 0.2) is 35.8 Å². The van der Waals surface area contributed by atoms with E-state index in [1.165, 1.54) is 0 Å². The number of hydrogen-bond donors (Lipinski definition) is 1. The average Bonchev–Trinajstić information content (AvgIpc) is 3.10. The van der Waals surface area contributed by atoms with Gasteiger partial charge in [-0.1, -0.05) is 12.1 Å². The summed E-state index contributed by atoms with van der Waals surface area (Å²) in [5.74, 6) is 1.29. The van der Waals surface area contributed by atoms with Crippen LogP contribution < -0.4 is 5.73 Å². The first kappa shape index (κ1) is 14.5. The molecule has 1 saturated heterocycles. The SMILES string of the molecule is Nc1nc(CN2CCOC(c3nccs3)C2)nc2ccccc12. The first-order valence-electron chi connectivity index (χ1n) is 7.54. The van der Waals surface area contributed by atoms with Crippen LogP contribution in [0.3, 0.4) is 0 Å². The predicted octanol–water partition coefficient (Wildman–Crippen LogP) is 2.24. The highest BCUT2D eigenvalue weighted by Crippen LogP contribution is 2.25. The zero-order valence-electron chi connectivity index (χ0n) is 12.6. The van der Waals surface area contributed by atoms with Crippen LogP contribution in [0.2, 0.25) is 0 Å². The number of fused-ring (bicyclic) bond motifs is 1. The summed E-state index contributed by atoms with van der Waals surface area (Å²) in [5, 5.41) is 3.90. The number of hydrogen-bond acceptors (Lipinski definition) is 7. The summed E-state index contributed by atoms with van der Waals surface area (Å²) < 4.78 is 5.82. The van der Waals surface area contributed by atoms with Gasteiger partial charge in [0.15, 0.2) is 0 Å². The molecule has 1 fully saturated rings. The lowest BCUT2D eigenvalue weighted by molar-refractivity contribution is -0.0337. The topological polar surface area (TPSA) is 77.2 Å². The molecule has 1 atom stereocenters. The molecule has 118 valence electrons. The van der Waals surface area contributed by atoms with E-state index in [-0.39, 0.29) is 6.10 Å². The van der Waals surface area contributed by atoms with Crippen LogP contribution in [0.4, 0.5) is 5.82 Å². The van der Waals surface area contributed by atoms with E-state index < -0.39 is 0 Å². The van der Waals surface area contributed by atoms with Crippen molar-refractivity contribution in [3.63, 3.8) is 0 Å². The molecule has 4 rings (SSSR count). The van der Waals surface area contributed by atoms with Crippen LogP contribution in [0.5, 0.6) is 0 Å². The number of morpholine rings is 1. The number of anilines is 1. The number of nitrogen functional groups attached to an aromatic ring is 1. The lowest BCUT2D eigenvalue weighted by atomic mass is 10.2. The van der Waals surface area contributed by atoms with E-state index in [4.69, 9.17) is 10.5 Å². The minimum atomic E-state index is 0.0292. The summed E-state index contributed by atoms with van der Waals surface area (Å²) >= 11 is 1.63. The molecule has 3 aromatic rings. The Morgan fingerprint density at radius 2 is 2.22 bits per heavy atom. The van der Waals surface area contributed by atoms with Gasteiger partial charge in [0.1, 0.15) is 22.8 Å². The van der Waals surface area contributed by atoms with Crippen molar-refractivity contribution in [2.45, 2.75) is 12.6 Å². The van der Waals surface area contributed by atoms with Crippen LogP contribution >= 0.6 is 11.3 Å². The fourth-order valence-electron chi connectivity index (χ4n) is 2.81. The largest absolute Gasteiger partial charge is 0.383 e. The van der Waals surface area contributed by atoms with Gasteiger partial charge in [-0.05, 0) is 12.1 Å². The molecule has 1 aliphatic rings. The molecule has 7 heteroatoms. The van der Waals surface area contributed by atoms with Gasteiger partial charge in [-0.3, -0.25) is 4.90 Å². The zero-order chi connectivity index (χ0) is 15.6. The molecule has 3 heterocycles. The monoisotopic (exact) mass is 327 g/mol. The van der Waals surface area contributed by atoms with E-state index in [9.17, 15) is 0 Å². The van der Waals surface area contributed by atoms with Crippen molar-refractivity contribution in [2.24, 2.45) is 0 Å². The number of thiazole rings is 1. The van der Waals surface area contributed by atoms with Gasteiger partial charge in [0.2, 0.25) is 0 Å². The third kappa shape index (κ3) is 3.03. The second-order valence-electron chi connectivity index (χ2n) is 5.51. The summed E-state index contributed by atoms with van der Waals surface area (Å²) in [7, 11) is 0. The number of nitrogens with zero attached hydrogens (tertiary/aromatic N) is 4. The number of ether oxygens (including phenoxy) is 1. The van der Waals surface area contributed by atoms with Gasteiger partial charge in [0.25, 0.3) is 0 Å². The molecule has 0 bridgehead atoms. The van der Waals surface area contributed by atoms with E-state index in [2.05, 4.69) is 19.9 Å². The van der Waals surface area contributed by atoms with Crippen molar-refractivity contribution < 1.29 is 4.74 Å². The Morgan fingerprint density at radius 1 is 1.30 bits per heavy atom. The van der Waals surface area contributed by atoms with Crippen molar-refractivity contribution in [3.8, 4) is 0 Å². The van der Waals surface area contributed by atoms with Crippen LogP contribution in [-0.4, -0.2) is 39.5 Å². The molecule has 0 saturated carbocycles. The van der Waals surface area contributed by atoms with Crippen molar-refractivity contribution in [3.05, 3.63) is 46.7 Å². The second kappa shape index (κ2) is 6.19. The van der Waals surface area contributed by atoms with E-state index in [1.807, 2.05) is 35.8 Å². The Labute approximate surface area is 138 Å². The number of aromatic nitrogens is 3. The minimum Gasteiger partial charge on any atom is -0.383 e. The molecule has 2 N–H and O–H groups in total. The van der Waals surface area contributed by atoms with E-state index >= 15 is 0 Å². The quantitative estimate of drug-likeness (QED) is 0.795. The van der Waals surface area contributed by atoms with E-state index in [0.717, 1.165) is 34.8 Å². The standard InChI is InChI=1S/C16H17N5OS/c17-15-11-3-1-2-4-12(11)19-14(20-15)10-21-6-7-22-13(9-21)16-18-5-8-23-16/h1-5,8,13H,6-7,9-10H2,(H2,17,19,20). The van der Waals surface area contributed by atoms with E-state index in [0.29, 0.717) is 19.0 Å². The molecule has 6 nitrogen and oxygen atoms in total. The highest BCUT2D eigenvalue weighted by atomic mass is 32.1. The van der Waals surface area contributed by atoms with Gasteiger partial charge in [0.05, 0.1) is 18.7 Å². The Morgan fingerprint density at radius 3 is 3.09 bits per heavy atom. The first-order chi connectivity index (χ1) is 11.3. The highest BCUT2D eigenvalue weighted by Gasteiger charge is 2.24. The molecule has 1 aliphatic heterocycles. The minimum absolute atomic E-state index is 0.0292. The smallest absolute Gasteiger partial charge is 0.145 e. The molecule has 0 radical (unpaired) electrons. The maximum Gasteiger partial charge on any atom is 0.145 e. The second-order valence-corrected chi connectivity index (χ2v) is 6.43. The summed E-state index contributed by atoms with van der Waals surface area (Å²) in [6, 6.07) is 7.82. The summed E-state index contributed by atoms with van der Waals surface area (Å²) in [6.45, 7) is 3.01. The summed E-state index contributed by atoms with van der Waals surface area (Å²) in [4.78, 5) is 15.7. The molecular weight excluding hydrogens is 310 g/mol. The van der Waals surface area contributed by atoms with Crippen molar-refractivity contribution in [1.82, 2.24) is 19.9 Å². The van der Waals surface area contributed by atoms with Gasteiger partial charge < -0.3 is 10.5 Å². The molecule has 1 unspecified atom stereocenters. The molecule has 1 aromatic carbocycles. The van der Waals surface area contributed by atoms with Crippen molar-refractivity contribution in [2.75, 3.05) is 25.4 Å². The van der Waals surface area contributed by atoms with Crippen molar-refractivity contribution >= 4 is 28.1 Å². The van der Waals surface area contributed by atoms with Gasteiger partial charge in [-0.15, -0.1) is 11.3 Å². The molecule has 2 aromatic heterocycles. The predicted molar refractivity (Wildman–Crippen MR) is 90.0 cm³/mol. The Bertz CT molecular complexity index is 807. The molecule has 0 amide bonds. The van der Waals surface area contributed by atoms with Crippen LogP contribution in [0, 0.1) is 0 Å². The van der Waals surface area contributed by atoms with Gasteiger partial charge in [-0.25, -0.2) is 15.0 Å². The highest BCUT2D eigenvalue weighted by molar-refractivity contribution is 7.09. The zero-order valence-corrected chi connectivity index (χ0v) is 13.4. The molecular formula is C16H17N5OS. The third-order valence-corrected chi connectivity index (χ3v) is 4.79. The van der Waals surface area contributed by atoms with Crippen LogP contribution in [0.1, 0.15) is 16.9 Å². The van der Waals surface area contributed by atoms with Crippen LogP contribution in [0.25, 0.3) is 10.9 Å². The number of para-hydroxylation sites is 1. The lowest BCUT2D eigenvalue weighted by Gasteiger charge is -2.31. The van der Waals surface area contributed by atoms with Crippen molar-refractivity contribution in [1.29, 1.82) is 0 Å². The molecule has 0 aliphatic carbocycles. The Balaban J connectivity index is 1.53. The number of benzene rings is 1. The summed E-state index contributed by atoms with van der Waals surface area (Å²) in [5.41, 5.74) is 6.95. The fraction of sp³-hybridized carbons (Fsp3) is 0.312. The van der Waals surface area contributed by atoms with Gasteiger partial charge >= 0.3 is 0 Å². The first-order valence-corrected chi connectivity index (χ1v) is 8.42. The average molecular weight is 327 g/mol. The fourth-order valence-corrected chi connectivity index (χ4v) is 3.49. The molecule has 0 spiro atoms. The van der Waals surface area contributed by atoms with E-state index in [1.54, 1.807) is 11.3 Å². The normalized spacial score (nSPS) is 19.2. The third-order valence-electron chi connectivity index (χ3n) is 3.92. The molecule has 23 heavy (non-hydrogen) atoms. The maximum atomic E-state index is 6.06. The summed E-state index contributed by atoms with van der Waals surface area (Å²) in [6.07, 6.45) is 1.84. The Kier molecular flexibility index (Phi) is 3.90. The van der Waals surface area contributed by atoms with Gasteiger partial charge in [0, 0.05) is 30.1 Å². The van der Waals surface area contributed by atoms with Crippen LogP contribution in [-0.2, 0) is 11.3 Å².